The molecule has 2 aromatic carbocycles. The van der Waals surface area contributed by atoms with Crippen LogP contribution in [-0.2, 0) is 22.6 Å². The number of nitrogens with one attached hydrogen (secondary N) is 1. The first-order valence-electron chi connectivity index (χ1n) is 10.6. The van der Waals surface area contributed by atoms with E-state index >= 15 is 0 Å². The van der Waals surface area contributed by atoms with Crippen LogP contribution in [0.3, 0.4) is 0 Å². The minimum Gasteiger partial charge on any atom is -0.325 e. The molecule has 5 nitrogen and oxygen atoms in total. The van der Waals surface area contributed by atoms with Gasteiger partial charge in [-0.3, -0.25) is 14.5 Å². The molecule has 0 saturated carbocycles. The number of benzene rings is 2. The first-order valence-corrected chi connectivity index (χ1v) is 10.6. The lowest BCUT2D eigenvalue weighted by molar-refractivity contribution is -0.122. The molecule has 0 aromatic heterocycles. The number of hydrogen-bond donors (Lipinski definition) is 1. The topological polar surface area (TPSA) is 52.7 Å². The molecule has 2 fully saturated rings. The second-order valence-electron chi connectivity index (χ2n) is 8.06. The van der Waals surface area contributed by atoms with Gasteiger partial charge in [0.05, 0.1) is 5.92 Å². The molecule has 2 heterocycles. The quantitative estimate of drug-likeness (QED) is 0.814. The van der Waals surface area contributed by atoms with E-state index in [0.717, 1.165) is 43.0 Å². The lowest BCUT2D eigenvalue weighted by Gasteiger charge is -2.19. The monoisotopic (exact) mass is 391 g/mol. The number of carbonyl (C=O) groups excluding carboxylic acids is 2. The standard InChI is InChI=1S/C24H29N3O2/c1-2-18-9-11-21(12-10-18)27-17-20(15-23(27)28)24(29)25-22-8-4-3-7-19(22)16-26-13-5-6-14-26/h3-4,7-12,20H,2,5-6,13-17H2,1H3,(H,25,29). The molecule has 5 heteroatoms. The number of aryl methyl sites for hydroxylation is 1. The van der Waals surface area contributed by atoms with E-state index in [2.05, 4.69) is 23.2 Å². The number of carbonyl (C=O) groups is 2. The molecule has 2 amide bonds. The Morgan fingerprint density at radius 3 is 2.52 bits per heavy atom. The average molecular weight is 392 g/mol. The molecule has 0 aliphatic carbocycles. The third-order valence-electron chi connectivity index (χ3n) is 6.02. The van der Waals surface area contributed by atoms with E-state index in [1.54, 1.807) is 4.90 Å². The number of likely N-dealkylation sites (tertiary alicyclic amines) is 1. The molecule has 0 spiro atoms. The molecule has 2 aliphatic heterocycles. The van der Waals surface area contributed by atoms with Crippen molar-refractivity contribution in [2.45, 2.75) is 39.2 Å². The molecule has 0 bridgehead atoms. The van der Waals surface area contributed by atoms with Crippen LogP contribution in [-0.4, -0.2) is 36.3 Å². The first-order chi connectivity index (χ1) is 14.1. The third kappa shape index (κ3) is 4.51. The fraction of sp³-hybridized carbons (Fsp3) is 0.417. The zero-order chi connectivity index (χ0) is 20.2. The van der Waals surface area contributed by atoms with Gasteiger partial charge in [0.2, 0.25) is 11.8 Å². The van der Waals surface area contributed by atoms with Crippen molar-refractivity contribution >= 4 is 23.2 Å². The van der Waals surface area contributed by atoms with Crippen molar-refractivity contribution in [1.82, 2.24) is 4.90 Å². The third-order valence-corrected chi connectivity index (χ3v) is 6.02. The van der Waals surface area contributed by atoms with Gasteiger partial charge in [0.1, 0.15) is 0 Å². The van der Waals surface area contributed by atoms with Crippen LogP contribution in [0.2, 0.25) is 0 Å². The summed E-state index contributed by atoms with van der Waals surface area (Å²) in [5.74, 6) is -0.382. The molecule has 2 aliphatic rings. The van der Waals surface area contributed by atoms with Gasteiger partial charge in [0.25, 0.3) is 0 Å². The number of para-hydroxylation sites is 1. The minimum atomic E-state index is -0.326. The lowest BCUT2D eigenvalue weighted by Crippen LogP contribution is -2.28. The molecule has 1 N–H and O–H groups in total. The summed E-state index contributed by atoms with van der Waals surface area (Å²) in [4.78, 5) is 29.6. The maximum absolute atomic E-state index is 12.9. The maximum atomic E-state index is 12.9. The van der Waals surface area contributed by atoms with Crippen molar-refractivity contribution < 1.29 is 9.59 Å². The van der Waals surface area contributed by atoms with Gasteiger partial charge >= 0.3 is 0 Å². The van der Waals surface area contributed by atoms with E-state index in [4.69, 9.17) is 0 Å². The van der Waals surface area contributed by atoms with Crippen LogP contribution in [0.5, 0.6) is 0 Å². The van der Waals surface area contributed by atoms with Crippen molar-refractivity contribution in [2.75, 3.05) is 29.9 Å². The largest absolute Gasteiger partial charge is 0.325 e. The summed E-state index contributed by atoms with van der Waals surface area (Å²) in [6.07, 6.45) is 3.72. The van der Waals surface area contributed by atoms with Crippen LogP contribution >= 0.6 is 0 Å². The average Bonchev–Trinajstić information content (AvgIpc) is 3.39. The Morgan fingerprint density at radius 1 is 1.07 bits per heavy atom. The smallest absolute Gasteiger partial charge is 0.229 e. The highest BCUT2D eigenvalue weighted by Gasteiger charge is 2.35. The summed E-state index contributed by atoms with van der Waals surface area (Å²) in [6.45, 7) is 5.63. The van der Waals surface area contributed by atoms with E-state index in [9.17, 15) is 9.59 Å². The van der Waals surface area contributed by atoms with Crippen LogP contribution in [0.1, 0.15) is 37.3 Å². The van der Waals surface area contributed by atoms with Gasteiger partial charge in [0.15, 0.2) is 0 Å². The second-order valence-corrected chi connectivity index (χ2v) is 8.06. The summed E-state index contributed by atoms with van der Waals surface area (Å²) < 4.78 is 0. The lowest BCUT2D eigenvalue weighted by atomic mass is 10.1. The van der Waals surface area contributed by atoms with E-state index in [1.807, 2.05) is 42.5 Å². The van der Waals surface area contributed by atoms with Gasteiger partial charge in [-0.25, -0.2) is 0 Å². The number of amides is 2. The van der Waals surface area contributed by atoms with Crippen LogP contribution in [0.4, 0.5) is 11.4 Å². The predicted molar refractivity (Wildman–Crippen MR) is 116 cm³/mol. The molecule has 2 saturated heterocycles. The molecular weight excluding hydrogens is 362 g/mol. The van der Waals surface area contributed by atoms with Gasteiger partial charge in [-0.1, -0.05) is 37.3 Å². The highest BCUT2D eigenvalue weighted by Crippen LogP contribution is 2.27. The number of nitrogens with zero attached hydrogens (tertiary/aromatic N) is 2. The van der Waals surface area contributed by atoms with Gasteiger partial charge < -0.3 is 10.2 Å². The molecule has 1 atom stereocenters. The van der Waals surface area contributed by atoms with Crippen molar-refractivity contribution in [2.24, 2.45) is 5.92 Å². The normalized spacial score (nSPS) is 19.7. The molecule has 152 valence electrons. The fourth-order valence-corrected chi connectivity index (χ4v) is 4.24. The van der Waals surface area contributed by atoms with Crippen molar-refractivity contribution in [3.05, 3.63) is 59.7 Å². The molecule has 0 radical (unpaired) electrons. The van der Waals surface area contributed by atoms with Crippen LogP contribution in [0, 0.1) is 5.92 Å². The van der Waals surface area contributed by atoms with Gasteiger partial charge in [-0.2, -0.15) is 0 Å². The highest BCUT2D eigenvalue weighted by atomic mass is 16.2. The fourth-order valence-electron chi connectivity index (χ4n) is 4.24. The van der Waals surface area contributed by atoms with E-state index in [1.165, 1.54) is 18.4 Å². The molecule has 29 heavy (non-hydrogen) atoms. The highest BCUT2D eigenvalue weighted by molar-refractivity contribution is 6.03. The minimum absolute atomic E-state index is 0.0137. The summed E-state index contributed by atoms with van der Waals surface area (Å²) in [5, 5.41) is 3.09. The van der Waals surface area contributed by atoms with Gasteiger partial charge in [-0.15, -0.1) is 0 Å². The Balaban J connectivity index is 1.42. The first kappa shape index (κ1) is 19.6. The van der Waals surface area contributed by atoms with Crippen molar-refractivity contribution in [3.63, 3.8) is 0 Å². The van der Waals surface area contributed by atoms with Gasteiger partial charge in [-0.05, 0) is 61.7 Å². The summed E-state index contributed by atoms with van der Waals surface area (Å²) in [5.41, 5.74) is 4.11. The van der Waals surface area contributed by atoms with Crippen LogP contribution < -0.4 is 10.2 Å². The Hall–Kier alpha value is -2.66. The van der Waals surface area contributed by atoms with E-state index in [-0.39, 0.29) is 24.2 Å². The van der Waals surface area contributed by atoms with Gasteiger partial charge in [0, 0.05) is 30.9 Å². The Labute approximate surface area is 172 Å². The Morgan fingerprint density at radius 2 is 1.79 bits per heavy atom. The predicted octanol–water partition coefficient (Wildman–Crippen LogP) is 3.84. The summed E-state index contributed by atoms with van der Waals surface area (Å²) >= 11 is 0. The zero-order valence-corrected chi connectivity index (χ0v) is 17.1. The summed E-state index contributed by atoms with van der Waals surface area (Å²) in [7, 11) is 0. The molecular formula is C24H29N3O2. The maximum Gasteiger partial charge on any atom is 0.229 e. The Kier molecular flexibility index (Phi) is 5.95. The molecule has 1 unspecified atom stereocenters. The summed E-state index contributed by atoms with van der Waals surface area (Å²) in [6, 6.07) is 16.0. The van der Waals surface area contributed by atoms with Crippen molar-refractivity contribution in [3.8, 4) is 0 Å². The number of hydrogen-bond acceptors (Lipinski definition) is 3. The van der Waals surface area contributed by atoms with E-state index in [0.29, 0.717) is 6.54 Å². The van der Waals surface area contributed by atoms with Crippen LogP contribution in [0.15, 0.2) is 48.5 Å². The Bertz CT molecular complexity index is 872. The van der Waals surface area contributed by atoms with Crippen molar-refractivity contribution in [1.29, 1.82) is 0 Å². The SMILES string of the molecule is CCc1ccc(N2CC(C(=O)Nc3ccccc3CN3CCCC3)CC2=O)cc1. The van der Waals surface area contributed by atoms with Crippen LogP contribution in [0.25, 0.3) is 0 Å². The number of rotatable bonds is 6. The van der Waals surface area contributed by atoms with E-state index < -0.39 is 0 Å². The molecule has 2 aromatic rings. The second kappa shape index (κ2) is 8.78. The number of anilines is 2. The molecule has 4 rings (SSSR count). The zero-order valence-electron chi connectivity index (χ0n) is 17.1.